The van der Waals surface area contributed by atoms with E-state index in [1.807, 2.05) is 13.8 Å². The van der Waals surface area contributed by atoms with Gasteiger partial charge in [0.05, 0.1) is 10.6 Å². The molecule has 1 rings (SSSR count). The lowest BCUT2D eigenvalue weighted by Gasteiger charge is -2.14. The highest BCUT2D eigenvalue weighted by atomic mass is 32.2. The van der Waals surface area contributed by atoms with Gasteiger partial charge in [0.2, 0.25) is 0 Å². The molecule has 0 bridgehead atoms. The van der Waals surface area contributed by atoms with Gasteiger partial charge in [-0.25, -0.2) is 13.2 Å². The number of rotatable bonds is 4. The van der Waals surface area contributed by atoms with E-state index in [1.54, 1.807) is 18.2 Å². The van der Waals surface area contributed by atoms with E-state index in [4.69, 9.17) is 0 Å². The minimum atomic E-state index is -3.36. The molecule has 0 aliphatic heterocycles. The Morgan fingerprint density at radius 2 is 1.94 bits per heavy atom. The average Bonchev–Trinajstić information content (AvgIpc) is 2.27. The minimum Gasteiger partial charge on any atom is -0.335 e. The molecule has 5 nitrogen and oxygen atoms in total. The van der Waals surface area contributed by atoms with Gasteiger partial charge in [0.1, 0.15) is 0 Å². The van der Waals surface area contributed by atoms with Gasteiger partial charge in [0.25, 0.3) is 0 Å². The van der Waals surface area contributed by atoms with Gasteiger partial charge in [-0.3, -0.25) is 0 Å². The zero-order valence-corrected chi connectivity index (χ0v) is 11.5. The van der Waals surface area contributed by atoms with Gasteiger partial charge in [0, 0.05) is 12.3 Å². The van der Waals surface area contributed by atoms with Crippen LogP contribution < -0.4 is 10.6 Å². The van der Waals surface area contributed by atoms with Crippen LogP contribution in [0.1, 0.15) is 20.3 Å². The van der Waals surface area contributed by atoms with Crippen LogP contribution in [-0.4, -0.2) is 26.7 Å². The highest BCUT2D eigenvalue weighted by molar-refractivity contribution is 7.90. The molecule has 1 aromatic carbocycles. The first-order valence-corrected chi connectivity index (χ1v) is 7.60. The fraction of sp³-hybridized carbons (Fsp3) is 0.417. The van der Waals surface area contributed by atoms with Crippen LogP contribution in [0, 0.1) is 0 Å². The lowest BCUT2D eigenvalue weighted by Crippen LogP contribution is -2.35. The number of para-hydroxylation sites is 1. The molecule has 1 atom stereocenters. The van der Waals surface area contributed by atoms with Gasteiger partial charge in [-0.2, -0.15) is 0 Å². The molecule has 1 aromatic rings. The molecule has 0 heterocycles. The standard InChI is InChI=1S/C12H18N2O3S/c1-4-9(2)13-12(15)14-10-7-5-6-8-11(10)18(3,16)17/h5-9H,4H2,1-3H3,(H2,13,14,15). The number of urea groups is 1. The summed E-state index contributed by atoms with van der Waals surface area (Å²) >= 11 is 0. The Morgan fingerprint density at radius 3 is 2.50 bits per heavy atom. The average molecular weight is 270 g/mol. The first kappa shape index (κ1) is 14.5. The number of sulfone groups is 1. The van der Waals surface area contributed by atoms with Gasteiger partial charge in [-0.05, 0) is 25.5 Å². The Bertz CT molecular complexity index is 526. The first-order valence-electron chi connectivity index (χ1n) is 5.71. The summed E-state index contributed by atoms with van der Waals surface area (Å²) in [5.41, 5.74) is 0.292. The molecule has 0 radical (unpaired) electrons. The van der Waals surface area contributed by atoms with E-state index in [9.17, 15) is 13.2 Å². The van der Waals surface area contributed by atoms with Crippen molar-refractivity contribution in [2.45, 2.75) is 31.2 Å². The van der Waals surface area contributed by atoms with Gasteiger partial charge < -0.3 is 10.6 Å². The smallest absolute Gasteiger partial charge is 0.319 e. The second kappa shape index (κ2) is 5.86. The summed E-state index contributed by atoms with van der Waals surface area (Å²) in [4.78, 5) is 11.8. The lowest BCUT2D eigenvalue weighted by molar-refractivity contribution is 0.249. The number of carbonyl (C=O) groups excluding carboxylic acids is 1. The first-order chi connectivity index (χ1) is 8.34. The molecule has 0 aliphatic carbocycles. The van der Waals surface area contributed by atoms with Crippen LogP contribution in [0.2, 0.25) is 0 Å². The maximum Gasteiger partial charge on any atom is 0.319 e. The van der Waals surface area contributed by atoms with E-state index < -0.39 is 15.9 Å². The van der Waals surface area contributed by atoms with Crippen molar-refractivity contribution in [2.75, 3.05) is 11.6 Å². The van der Waals surface area contributed by atoms with Gasteiger partial charge >= 0.3 is 6.03 Å². The van der Waals surface area contributed by atoms with Gasteiger partial charge in [-0.15, -0.1) is 0 Å². The van der Waals surface area contributed by atoms with Crippen LogP contribution in [0.15, 0.2) is 29.2 Å². The lowest BCUT2D eigenvalue weighted by atomic mass is 10.3. The number of hydrogen-bond acceptors (Lipinski definition) is 3. The highest BCUT2D eigenvalue weighted by Crippen LogP contribution is 2.20. The fourth-order valence-electron chi connectivity index (χ4n) is 1.38. The number of benzene rings is 1. The maximum absolute atomic E-state index is 11.6. The van der Waals surface area contributed by atoms with E-state index in [-0.39, 0.29) is 10.9 Å². The van der Waals surface area contributed by atoms with Crippen molar-refractivity contribution < 1.29 is 13.2 Å². The molecular formula is C12H18N2O3S. The summed E-state index contributed by atoms with van der Waals surface area (Å²) in [6.45, 7) is 3.83. The Kier molecular flexibility index (Phi) is 4.72. The summed E-state index contributed by atoms with van der Waals surface area (Å²) in [5.74, 6) is 0. The normalized spacial score (nSPS) is 12.8. The summed E-state index contributed by atoms with van der Waals surface area (Å²) in [7, 11) is -3.36. The molecule has 18 heavy (non-hydrogen) atoms. The van der Waals surface area contributed by atoms with E-state index in [1.165, 1.54) is 6.07 Å². The zero-order valence-electron chi connectivity index (χ0n) is 10.7. The second-order valence-corrected chi connectivity index (χ2v) is 6.16. The number of anilines is 1. The van der Waals surface area contributed by atoms with Crippen molar-refractivity contribution >= 4 is 21.6 Å². The molecule has 2 amide bonds. The monoisotopic (exact) mass is 270 g/mol. The SMILES string of the molecule is CCC(C)NC(=O)Nc1ccccc1S(C)(=O)=O. The quantitative estimate of drug-likeness (QED) is 0.878. The summed E-state index contributed by atoms with van der Waals surface area (Å²) in [6.07, 6.45) is 1.92. The molecule has 1 unspecified atom stereocenters. The van der Waals surface area contributed by atoms with Crippen molar-refractivity contribution in [2.24, 2.45) is 0 Å². The van der Waals surface area contributed by atoms with Gasteiger partial charge in [-0.1, -0.05) is 19.1 Å². The van der Waals surface area contributed by atoms with Crippen molar-refractivity contribution in [3.05, 3.63) is 24.3 Å². The Labute approximate surface area is 108 Å². The van der Waals surface area contributed by atoms with Crippen molar-refractivity contribution in [3.63, 3.8) is 0 Å². The molecule has 0 fully saturated rings. The largest absolute Gasteiger partial charge is 0.335 e. The third-order valence-electron chi connectivity index (χ3n) is 2.52. The summed E-state index contributed by atoms with van der Waals surface area (Å²) in [5, 5.41) is 5.26. The number of carbonyl (C=O) groups is 1. The van der Waals surface area contributed by atoms with E-state index in [2.05, 4.69) is 10.6 Å². The van der Waals surface area contributed by atoms with Crippen LogP contribution in [0.3, 0.4) is 0 Å². The number of amides is 2. The number of hydrogen-bond donors (Lipinski definition) is 2. The van der Waals surface area contributed by atoms with Gasteiger partial charge in [0.15, 0.2) is 9.84 Å². The highest BCUT2D eigenvalue weighted by Gasteiger charge is 2.14. The molecule has 0 saturated heterocycles. The van der Waals surface area contributed by atoms with Crippen molar-refractivity contribution in [1.82, 2.24) is 5.32 Å². The van der Waals surface area contributed by atoms with Crippen LogP contribution in [-0.2, 0) is 9.84 Å². The third-order valence-corrected chi connectivity index (χ3v) is 3.68. The van der Waals surface area contributed by atoms with Crippen molar-refractivity contribution in [1.29, 1.82) is 0 Å². The minimum absolute atomic E-state index is 0.0374. The van der Waals surface area contributed by atoms with E-state index in [0.717, 1.165) is 12.7 Å². The molecule has 0 aromatic heterocycles. The van der Waals surface area contributed by atoms with Crippen LogP contribution in [0.5, 0.6) is 0 Å². The molecule has 6 heteroatoms. The molecule has 0 spiro atoms. The molecule has 0 aliphatic rings. The summed E-state index contributed by atoms with van der Waals surface area (Å²) in [6, 6.07) is 5.96. The maximum atomic E-state index is 11.6. The van der Waals surface area contributed by atoms with Crippen molar-refractivity contribution in [3.8, 4) is 0 Å². The van der Waals surface area contributed by atoms with E-state index in [0.29, 0.717) is 5.69 Å². The zero-order chi connectivity index (χ0) is 13.8. The predicted octanol–water partition coefficient (Wildman–Crippen LogP) is 2.01. The third kappa shape index (κ3) is 4.03. The summed E-state index contributed by atoms with van der Waals surface area (Å²) < 4.78 is 23.1. The fourth-order valence-corrected chi connectivity index (χ4v) is 2.22. The molecular weight excluding hydrogens is 252 g/mol. The van der Waals surface area contributed by atoms with E-state index >= 15 is 0 Å². The molecule has 2 N–H and O–H groups in total. The van der Waals surface area contributed by atoms with Crippen LogP contribution in [0.25, 0.3) is 0 Å². The van der Waals surface area contributed by atoms with Crippen LogP contribution >= 0.6 is 0 Å². The topological polar surface area (TPSA) is 75.3 Å². The predicted molar refractivity (Wildman–Crippen MR) is 71.5 cm³/mol. The Balaban J connectivity index is 2.89. The second-order valence-electron chi connectivity index (χ2n) is 4.18. The molecule has 0 saturated carbocycles. The Morgan fingerprint density at radius 1 is 1.33 bits per heavy atom. The Hall–Kier alpha value is -1.56. The number of nitrogens with one attached hydrogen (secondary N) is 2. The molecule has 100 valence electrons. The van der Waals surface area contributed by atoms with Crippen LogP contribution in [0.4, 0.5) is 10.5 Å².